The van der Waals surface area contributed by atoms with Gasteiger partial charge in [0.1, 0.15) is 0 Å². The van der Waals surface area contributed by atoms with Crippen LogP contribution >= 0.6 is 0 Å². The van der Waals surface area contributed by atoms with Crippen molar-refractivity contribution in [2.75, 3.05) is 0 Å². The molecule has 0 saturated heterocycles. The van der Waals surface area contributed by atoms with Crippen LogP contribution in [0.4, 0.5) is 0 Å². The van der Waals surface area contributed by atoms with E-state index in [9.17, 15) is 0 Å². The van der Waals surface area contributed by atoms with E-state index in [4.69, 9.17) is 0 Å². The highest BCUT2D eigenvalue weighted by atomic mass is 14.8. The average Bonchev–Trinajstić information content (AvgIpc) is 2.88. The summed E-state index contributed by atoms with van der Waals surface area (Å²) in [5.74, 6) is 0. The van der Waals surface area contributed by atoms with Crippen molar-refractivity contribution in [3.8, 4) is 0 Å². The normalized spacial score (nSPS) is 11.2. The minimum atomic E-state index is 0.970. The Morgan fingerprint density at radius 1 is 1.12 bits per heavy atom. The zero-order valence-electron chi connectivity index (χ0n) is 10.4. The fourth-order valence-corrected chi connectivity index (χ4v) is 2.03. The van der Waals surface area contributed by atoms with Gasteiger partial charge in [0, 0.05) is 6.20 Å². The molecule has 1 heterocycles. The molecule has 0 spiro atoms. The second kappa shape index (κ2) is 5.48. The summed E-state index contributed by atoms with van der Waals surface area (Å²) in [6, 6.07) is 6.54. The quantitative estimate of drug-likeness (QED) is 0.846. The second-order valence-electron chi connectivity index (χ2n) is 4.02. The van der Waals surface area contributed by atoms with Crippen molar-refractivity contribution in [3.63, 3.8) is 0 Å². The van der Waals surface area contributed by atoms with Gasteiger partial charge in [-0.2, -0.15) is 0 Å². The van der Waals surface area contributed by atoms with Gasteiger partial charge in [-0.3, -0.25) is 0 Å². The third kappa shape index (κ3) is 2.64. The Morgan fingerprint density at radius 2 is 1.82 bits per heavy atom. The number of rotatable bonds is 4. The number of nitrogens with one attached hydrogen (secondary N) is 1. The first-order valence-corrected chi connectivity index (χ1v) is 6.12. The van der Waals surface area contributed by atoms with Crippen LogP contribution in [0.25, 0.3) is 12.2 Å². The molecule has 1 N–H and O–H groups in total. The Morgan fingerprint density at radius 3 is 2.35 bits per heavy atom. The number of imidazole rings is 1. The lowest BCUT2D eigenvalue weighted by atomic mass is 9.97. The minimum absolute atomic E-state index is 0.970. The van der Waals surface area contributed by atoms with Gasteiger partial charge in [-0.25, -0.2) is 4.98 Å². The molecule has 2 nitrogen and oxygen atoms in total. The lowest BCUT2D eigenvalue weighted by molar-refractivity contribution is 1.08. The smallest absolute Gasteiger partial charge is 0.0927 e. The van der Waals surface area contributed by atoms with E-state index in [0.29, 0.717) is 0 Å². The monoisotopic (exact) mass is 226 g/mol. The van der Waals surface area contributed by atoms with E-state index in [2.05, 4.69) is 54.2 Å². The van der Waals surface area contributed by atoms with Gasteiger partial charge in [0.2, 0.25) is 0 Å². The summed E-state index contributed by atoms with van der Waals surface area (Å²) in [5, 5.41) is 0. The van der Waals surface area contributed by atoms with Crippen LogP contribution in [0.3, 0.4) is 0 Å². The first-order valence-electron chi connectivity index (χ1n) is 6.12. The molecule has 1 aromatic carbocycles. The molecule has 2 heteroatoms. The van der Waals surface area contributed by atoms with Crippen LogP contribution in [-0.2, 0) is 12.8 Å². The van der Waals surface area contributed by atoms with Crippen LogP contribution < -0.4 is 0 Å². The van der Waals surface area contributed by atoms with Crippen LogP contribution in [0.15, 0.2) is 30.7 Å². The van der Waals surface area contributed by atoms with E-state index in [1.54, 1.807) is 6.33 Å². The molecule has 2 aromatic rings. The van der Waals surface area contributed by atoms with E-state index < -0.39 is 0 Å². The van der Waals surface area contributed by atoms with Crippen molar-refractivity contribution in [1.82, 2.24) is 9.97 Å². The summed E-state index contributed by atoms with van der Waals surface area (Å²) in [6.07, 6.45) is 9.96. The molecule has 0 fully saturated rings. The highest BCUT2D eigenvalue weighted by Gasteiger charge is 2.02. The summed E-state index contributed by atoms with van der Waals surface area (Å²) in [7, 11) is 0. The number of nitrogens with zero attached hydrogens (tertiary/aromatic N) is 1. The molecule has 0 aliphatic rings. The van der Waals surface area contributed by atoms with Crippen LogP contribution in [0.2, 0.25) is 0 Å². The van der Waals surface area contributed by atoms with Gasteiger partial charge in [0.15, 0.2) is 0 Å². The van der Waals surface area contributed by atoms with E-state index in [1.807, 2.05) is 6.20 Å². The highest BCUT2D eigenvalue weighted by Crippen LogP contribution is 2.19. The van der Waals surface area contributed by atoms with E-state index >= 15 is 0 Å². The van der Waals surface area contributed by atoms with Crippen LogP contribution in [0, 0.1) is 0 Å². The Bertz CT molecular complexity index is 473. The molecule has 0 unspecified atom stereocenters. The average molecular weight is 226 g/mol. The topological polar surface area (TPSA) is 28.7 Å². The number of aromatic amines is 1. The van der Waals surface area contributed by atoms with Gasteiger partial charge in [-0.15, -0.1) is 0 Å². The molecule has 0 bridgehead atoms. The number of aryl methyl sites for hydroxylation is 2. The molecular weight excluding hydrogens is 208 g/mol. The van der Waals surface area contributed by atoms with Gasteiger partial charge in [0.25, 0.3) is 0 Å². The van der Waals surface area contributed by atoms with Crippen molar-refractivity contribution in [2.45, 2.75) is 26.7 Å². The summed E-state index contributed by atoms with van der Waals surface area (Å²) in [5.41, 5.74) is 5.12. The lowest BCUT2D eigenvalue weighted by Gasteiger charge is -2.08. The minimum Gasteiger partial charge on any atom is -0.351 e. The van der Waals surface area contributed by atoms with Gasteiger partial charge >= 0.3 is 0 Å². The fourth-order valence-electron chi connectivity index (χ4n) is 2.03. The van der Waals surface area contributed by atoms with E-state index in [-0.39, 0.29) is 0 Å². The molecule has 88 valence electrons. The van der Waals surface area contributed by atoms with Crippen LogP contribution in [0.5, 0.6) is 0 Å². The Labute approximate surface area is 102 Å². The molecule has 2 rings (SSSR count). The molecule has 0 aliphatic heterocycles. The van der Waals surface area contributed by atoms with Gasteiger partial charge in [-0.05, 0) is 35.6 Å². The zero-order chi connectivity index (χ0) is 12.1. The molecule has 0 saturated carbocycles. The predicted octanol–water partition coefficient (Wildman–Crippen LogP) is 3.70. The second-order valence-corrected chi connectivity index (χ2v) is 4.02. The number of H-pyrrole nitrogens is 1. The maximum absolute atomic E-state index is 4.20. The highest BCUT2D eigenvalue weighted by molar-refractivity contribution is 5.71. The molecule has 1 aromatic heterocycles. The maximum atomic E-state index is 4.20. The van der Waals surface area contributed by atoms with Gasteiger partial charge in [0.05, 0.1) is 12.0 Å². The molecule has 0 radical (unpaired) electrons. The number of hydrogen-bond donors (Lipinski definition) is 1. The first kappa shape index (κ1) is 11.6. The Kier molecular flexibility index (Phi) is 3.76. The van der Waals surface area contributed by atoms with Gasteiger partial charge in [-0.1, -0.05) is 38.1 Å². The van der Waals surface area contributed by atoms with E-state index in [1.165, 1.54) is 16.7 Å². The lowest BCUT2D eigenvalue weighted by Crippen LogP contribution is -1.92. The van der Waals surface area contributed by atoms with Crippen molar-refractivity contribution in [1.29, 1.82) is 0 Å². The van der Waals surface area contributed by atoms with Crippen molar-refractivity contribution in [2.24, 2.45) is 0 Å². The standard InChI is InChI=1S/C15H18N2/c1-3-12-6-5-7-13(4-2)15(12)9-8-14-10-16-11-17-14/h5-11H,3-4H2,1-2H3,(H,16,17). The SMILES string of the molecule is CCc1cccc(CC)c1C=Cc1c[nH]cn1. The summed E-state index contributed by atoms with van der Waals surface area (Å²) in [6.45, 7) is 4.39. The zero-order valence-corrected chi connectivity index (χ0v) is 10.4. The molecule has 17 heavy (non-hydrogen) atoms. The third-order valence-corrected chi connectivity index (χ3v) is 2.99. The van der Waals surface area contributed by atoms with Crippen LogP contribution in [0.1, 0.15) is 36.2 Å². The molecular formula is C15H18N2. The molecule has 0 atom stereocenters. The number of hydrogen-bond acceptors (Lipinski definition) is 1. The summed E-state index contributed by atoms with van der Waals surface area (Å²) < 4.78 is 0. The Balaban J connectivity index is 2.36. The van der Waals surface area contributed by atoms with Gasteiger partial charge < -0.3 is 4.98 Å². The van der Waals surface area contributed by atoms with Crippen molar-refractivity contribution in [3.05, 3.63) is 53.1 Å². The molecule has 0 amide bonds. The summed E-state index contributed by atoms with van der Waals surface area (Å²) in [4.78, 5) is 7.16. The predicted molar refractivity (Wildman–Crippen MR) is 72.7 cm³/mol. The Hall–Kier alpha value is -1.83. The maximum Gasteiger partial charge on any atom is 0.0927 e. The van der Waals surface area contributed by atoms with E-state index in [0.717, 1.165) is 18.5 Å². The largest absolute Gasteiger partial charge is 0.351 e. The summed E-state index contributed by atoms with van der Waals surface area (Å²) >= 11 is 0. The number of benzene rings is 1. The fraction of sp³-hybridized carbons (Fsp3) is 0.267. The van der Waals surface area contributed by atoms with Crippen molar-refractivity contribution >= 4 is 12.2 Å². The van der Waals surface area contributed by atoms with Crippen molar-refractivity contribution < 1.29 is 0 Å². The van der Waals surface area contributed by atoms with Crippen LogP contribution in [-0.4, -0.2) is 9.97 Å². The first-order chi connectivity index (χ1) is 8.35. The third-order valence-electron chi connectivity index (χ3n) is 2.99. The number of aromatic nitrogens is 2. The molecule has 0 aliphatic carbocycles.